The van der Waals surface area contributed by atoms with Crippen LogP contribution in [-0.2, 0) is 19.5 Å². The Morgan fingerprint density at radius 2 is 2.26 bits per heavy atom. The summed E-state index contributed by atoms with van der Waals surface area (Å²) in [7, 11) is 0. The summed E-state index contributed by atoms with van der Waals surface area (Å²) < 4.78 is 2.12. The zero-order valence-corrected chi connectivity index (χ0v) is 12.5. The standard InChI is InChI=1S/C15H27N3O/c1-4-13-10-15(18(5-2)16-13)11-17-8-6-7-14(17)9-12(3)19/h10,12,14,19H,4-9,11H2,1-3H3. The van der Waals surface area contributed by atoms with Crippen LogP contribution in [0.15, 0.2) is 6.07 Å². The Bertz CT molecular complexity index is 400. The molecule has 2 atom stereocenters. The molecule has 0 radical (unpaired) electrons. The summed E-state index contributed by atoms with van der Waals surface area (Å²) in [6.07, 6.45) is 4.15. The molecule has 19 heavy (non-hydrogen) atoms. The lowest BCUT2D eigenvalue weighted by Gasteiger charge is -2.25. The summed E-state index contributed by atoms with van der Waals surface area (Å²) in [5.41, 5.74) is 2.50. The van der Waals surface area contributed by atoms with E-state index in [2.05, 4.69) is 34.6 Å². The number of likely N-dealkylation sites (tertiary alicyclic amines) is 1. The van der Waals surface area contributed by atoms with Gasteiger partial charge in [0.1, 0.15) is 0 Å². The van der Waals surface area contributed by atoms with E-state index in [1.54, 1.807) is 0 Å². The molecule has 1 aliphatic heterocycles. The predicted molar refractivity (Wildman–Crippen MR) is 77.0 cm³/mol. The fraction of sp³-hybridized carbons (Fsp3) is 0.800. The second-order valence-corrected chi connectivity index (χ2v) is 5.65. The van der Waals surface area contributed by atoms with Gasteiger partial charge in [0.05, 0.1) is 17.5 Å². The molecule has 0 aliphatic carbocycles. The molecule has 0 bridgehead atoms. The number of aliphatic hydroxyl groups excluding tert-OH is 1. The van der Waals surface area contributed by atoms with Crippen molar-refractivity contribution in [2.24, 2.45) is 0 Å². The Hall–Kier alpha value is -0.870. The second-order valence-electron chi connectivity index (χ2n) is 5.65. The van der Waals surface area contributed by atoms with Gasteiger partial charge in [-0.3, -0.25) is 9.58 Å². The van der Waals surface area contributed by atoms with Crippen molar-refractivity contribution in [1.82, 2.24) is 14.7 Å². The molecule has 1 aromatic heterocycles. The van der Waals surface area contributed by atoms with E-state index < -0.39 is 0 Å². The van der Waals surface area contributed by atoms with Gasteiger partial charge >= 0.3 is 0 Å². The minimum absolute atomic E-state index is 0.201. The van der Waals surface area contributed by atoms with Crippen LogP contribution in [0.4, 0.5) is 0 Å². The van der Waals surface area contributed by atoms with Crippen molar-refractivity contribution in [2.75, 3.05) is 6.54 Å². The molecule has 1 fully saturated rings. The van der Waals surface area contributed by atoms with Crippen molar-refractivity contribution in [3.05, 3.63) is 17.5 Å². The summed E-state index contributed by atoms with van der Waals surface area (Å²) in [5, 5.41) is 14.2. The van der Waals surface area contributed by atoms with E-state index in [-0.39, 0.29) is 6.10 Å². The summed E-state index contributed by atoms with van der Waals surface area (Å²) in [6.45, 7) is 9.24. The fourth-order valence-corrected chi connectivity index (χ4v) is 3.06. The van der Waals surface area contributed by atoms with Gasteiger partial charge in [-0.15, -0.1) is 0 Å². The molecule has 1 aliphatic rings. The molecule has 108 valence electrons. The van der Waals surface area contributed by atoms with Crippen molar-refractivity contribution >= 4 is 0 Å². The van der Waals surface area contributed by atoms with Crippen LogP contribution < -0.4 is 0 Å². The minimum atomic E-state index is -0.201. The first-order valence-electron chi connectivity index (χ1n) is 7.61. The third kappa shape index (κ3) is 3.57. The summed E-state index contributed by atoms with van der Waals surface area (Å²) >= 11 is 0. The number of aryl methyl sites for hydroxylation is 2. The van der Waals surface area contributed by atoms with Gasteiger partial charge in [-0.1, -0.05) is 6.92 Å². The highest BCUT2D eigenvalue weighted by molar-refractivity contribution is 5.11. The van der Waals surface area contributed by atoms with E-state index in [0.717, 1.165) is 32.5 Å². The summed E-state index contributed by atoms with van der Waals surface area (Å²) in [5.74, 6) is 0. The van der Waals surface area contributed by atoms with Gasteiger partial charge < -0.3 is 5.11 Å². The molecule has 2 rings (SSSR count). The van der Waals surface area contributed by atoms with Crippen LogP contribution in [0.25, 0.3) is 0 Å². The average molecular weight is 265 g/mol. The highest BCUT2D eigenvalue weighted by Crippen LogP contribution is 2.24. The van der Waals surface area contributed by atoms with Crippen LogP contribution in [0.5, 0.6) is 0 Å². The van der Waals surface area contributed by atoms with Crippen LogP contribution >= 0.6 is 0 Å². The Labute approximate surface area is 116 Å². The van der Waals surface area contributed by atoms with Gasteiger partial charge in [0.25, 0.3) is 0 Å². The van der Waals surface area contributed by atoms with Crippen LogP contribution in [0.1, 0.15) is 51.4 Å². The minimum Gasteiger partial charge on any atom is -0.393 e. The lowest BCUT2D eigenvalue weighted by atomic mass is 10.1. The molecule has 0 saturated carbocycles. The third-order valence-corrected chi connectivity index (χ3v) is 4.05. The molecule has 4 heteroatoms. The van der Waals surface area contributed by atoms with Crippen LogP contribution in [-0.4, -0.2) is 38.5 Å². The van der Waals surface area contributed by atoms with Crippen molar-refractivity contribution in [1.29, 1.82) is 0 Å². The van der Waals surface area contributed by atoms with Gasteiger partial charge in [-0.05, 0) is 52.1 Å². The topological polar surface area (TPSA) is 41.3 Å². The summed E-state index contributed by atoms with van der Waals surface area (Å²) in [6, 6.07) is 2.77. The Morgan fingerprint density at radius 3 is 2.89 bits per heavy atom. The monoisotopic (exact) mass is 265 g/mol. The Kier molecular flexibility index (Phi) is 4.99. The number of aliphatic hydroxyl groups is 1. The molecule has 2 heterocycles. The van der Waals surface area contributed by atoms with Crippen LogP contribution in [0.2, 0.25) is 0 Å². The summed E-state index contributed by atoms with van der Waals surface area (Å²) in [4.78, 5) is 2.51. The fourth-order valence-electron chi connectivity index (χ4n) is 3.06. The molecular formula is C15H27N3O. The van der Waals surface area contributed by atoms with Crippen molar-refractivity contribution in [3.8, 4) is 0 Å². The Morgan fingerprint density at radius 1 is 1.47 bits per heavy atom. The first-order valence-corrected chi connectivity index (χ1v) is 7.61. The van der Waals surface area contributed by atoms with Crippen molar-refractivity contribution < 1.29 is 5.11 Å². The first kappa shape index (κ1) is 14.5. The number of rotatable bonds is 6. The predicted octanol–water partition coefficient (Wildman–Crippen LogP) is 2.20. The molecule has 1 saturated heterocycles. The maximum atomic E-state index is 9.60. The van der Waals surface area contributed by atoms with Crippen LogP contribution in [0.3, 0.4) is 0 Å². The van der Waals surface area contributed by atoms with E-state index in [0.29, 0.717) is 6.04 Å². The maximum Gasteiger partial charge on any atom is 0.0625 e. The lowest BCUT2D eigenvalue weighted by molar-refractivity contribution is 0.129. The smallest absolute Gasteiger partial charge is 0.0625 e. The third-order valence-electron chi connectivity index (χ3n) is 4.05. The quantitative estimate of drug-likeness (QED) is 0.857. The first-order chi connectivity index (χ1) is 9.13. The largest absolute Gasteiger partial charge is 0.393 e. The van der Waals surface area contributed by atoms with E-state index in [4.69, 9.17) is 0 Å². The number of hydrogen-bond donors (Lipinski definition) is 1. The van der Waals surface area contributed by atoms with E-state index in [9.17, 15) is 5.11 Å². The second kappa shape index (κ2) is 6.53. The van der Waals surface area contributed by atoms with Crippen molar-refractivity contribution in [2.45, 2.75) is 71.7 Å². The van der Waals surface area contributed by atoms with Gasteiger partial charge in [-0.25, -0.2) is 0 Å². The van der Waals surface area contributed by atoms with Gasteiger partial charge in [-0.2, -0.15) is 5.10 Å². The average Bonchev–Trinajstić information content (AvgIpc) is 2.96. The number of aromatic nitrogens is 2. The molecule has 0 aromatic carbocycles. The SMILES string of the molecule is CCc1cc(CN2CCCC2CC(C)O)n(CC)n1. The maximum absolute atomic E-state index is 9.60. The Balaban J connectivity index is 2.05. The zero-order valence-electron chi connectivity index (χ0n) is 12.5. The van der Waals surface area contributed by atoms with Crippen molar-refractivity contribution in [3.63, 3.8) is 0 Å². The zero-order chi connectivity index (χ0) is 13.8. The number of nitrogens with zero attached hydrogens (tertiary/aromatic N) is 3. The molecule has 0 spiro atoms. The highest BCUT2D eigenvalue weighted by atomic mass is 16.3. The molecule has 1 N–H and O–H groups in total. The molecular weight excluding hydrogens is 238 g/mol. The van der Waals surface area contributed by atoms with E-state index in [1.165, 1.54) is 24.2 Å². The number of hydrogen-bond acceptors (Lipinski definition) is 3. The van der Waals surface area contributed by atoms with Crippen LogP contribution in [0, 0.1) is 0 Å². The molecule has 4 nitrogen and oxygen atoms in total. The van der Waals surface area contributed by atoms with E-state index >= 15 is 0 Å². The molecule has 2 unspecified atom stereocenters. The van der Waals surface area contributed by atoms with E-state index in [1.807, 2.05) is 6.92 Å². The lowest BCUT2D eigenvalue weighted by Crippen LogP contribution is -2.32. The molecule has 1 aromatic rings. The van der Waals surface area contributed by atoms with Gasteiger partial charge in [0.2, 0.25) is 0 Å². The van der Waals surface area contributed by atoms with Gasteiger partial charge in [0, 0.05) is 19.1 Å². The molecule has 0 amide bonds. The highest BCUT2D eigenvalue weighted by Gasteiger charge is 2.26. The normalized spacial score (nSPS) is 22.0. The van der Waals surface area contributed by atoms with Gasteiger partial charge in [0.15, 0.2) is 0 Å².